The van der Waals surface area contributed by atoms with Gasteiger partial charge in [-0.15, -0.1) is 11.3 Å². The quantitative estimate of drug-likeness (QED) is 0.856. The fraction of sp³-hybridized carbons (Fsp3) is 0.455. The number of sulfonamides is 1. The highest BCUT2D eigenvalue weighted by molar-refractivity contribution is 7.91. The monoisotopic (exact) mass is 298 g/mol. The summed E-state index contributed by atoms with van der Waals surface area (Å²) < 4.78 is 26.8. The van der Waals surface area contributed by atoms with Crippen LogP contribution in [0.2, 0.25) is 0 Å². The maximum atomic E-state index is 12.4. The number of aryl methyl sites for hydroxylation is 1. The Balaban J connectivity index is 1.81. The number of hydrogen-bond donors (Lipinski definition) is 0. The van der Waals surface area contributed by atoms with Crippen molar-refractivity contribution < 1.29 is 8.42 Å². The summed E-state index contributed by atoms with van der Waals surface area (Å²) in [4.78, 5) is 2.60. The molecule has 102 valence electrons. The van der Waals surface area contributed by atoms with Crippen LogP contribution in [-0.4, -0.2) is 40.8 Å². The van der Waals surface area contributed by atoms with Gasteiger partial charge in [-0.1, -0.05) is 0 Å². The predicted molar refractivity (Wildman–Crippen MR) is 71.5 cm³/mol. The molecular formula is C11H14N4O2S2. The highest BCUT2D eigenvalue weighted by atomic mass is 32.2. The molecule has 1 fully saturated rings. The van der Waals surface area contributed by atoms with Crippen molar-refractivity contribution in [1.29, 1.82) is 0 Å². The Hall–Kier alpha value is -1.25. The molecule has 1 saturated heterocycles. The number of thiophene rings is 1. The van der Waals surface area contributed by atoms with Gasteiger partial charge in [0.15, 0.2) is 0 Å². The highest BCUT2D eigenvalue weighted by Crippen LogP contribution is 2.29. The Morgan fingerprint density at radius 1 is 1.32 bits per heavy atom. The van der Waals surface area contributed by atoms with Crippen molar-refractivity contribution in [3.63, 3.8) is 0 Å². The van der Waals surface area contributed by atoms with Crippen molar-refractivity contribution in [3.05, 3.63) is 29.4 Å². The van der Waals surface area contributed by atoms with Gasteiger partial charge in [0.1, 0.15) is 4.21 Å². The molecule has 2 aromatic heterocycles. The average molecular weight is 298 g/mol. The molecule has 6 nitrogen and oxygen atoms in total. The van der Waals surface area contributed by atoms with Crippen LogP contribution >= 0.6 is 11.3 Å². The van der Waals surface area contributed by atoms with E-state index in [0.717, 1.165) is 11.3 Å². The first-order valence-corrected chi connectivity index (χ1v) is 8.25. The number of aromatic nitrogens is 3. The summed E-state index contributed by atoms with van der Waals surface area (Å²) >= 11 is 1.31. The third-order valence-corrected chi connectivity index (χ3v) is 6.53. The van der Waals surface area contributed by atoms with Crippen molar-refractivity contribution in [3.8, 4) is 0 Å². The van der Waals surface area contributed by atoms with E-state index in [1.54, 1.807) is 23.3 Å². The van der Waals surface area contributed by atoms with Gasteiger partial charge in [-0.25, -0.2) is 8.42 Å². The fourth-order valence-corrected chi connectivity index (χ4v) is 5.14. The standard InChI is InChI=1S/C11H14N4O2S2/c1-9-2-3-11(18-9)19(16,17)14-7-4-10(8-14)15-12-5-6-13-15/h2-3,5-6,10H,4,7-8H2,1H3. The Morgan fingerprint density at radius 3 is 2.68 bits per heavy atom. The maximum absolute atomic E-state index is 12.4. The van der Waals surface area contributed by atoms with Crippen LogP contribution in [0, 0.1) is 6.92 Å². The zero-order valence-corrected chi connectivity index (χ0v) is 12.1. The summed E-state index contributed by atoms with van der Waals surface area (Å²) in [6.45, 7) is 2.86. The molecule has 1 aliphatic rings. The SMILES string of the molecule is Cc1ccc(S(=O)(=O)N2CCC(n3nccn3)C2)s1. The van der Waals surface area contributed by atoms with Crippen molar-refractivity contribution >= 4 is 21.4 Å². The van der Waals surface area contributed by atoms with Crippen LogP contribution in [0.5, 0.6) is 0 Å². The molecule has 0 aliphatic carbocycles. The minimum absolute atomic E-state index is 0.0332. The van der Waals surface area contributed by atoms with Crippen molar-refractivity contribution in [2.45, 2.75) is 23.6 Å². The molecule has 0 amide bonds. The molecule has 1 unspecified atom stereocenters. The van der Waals surface area contributed by atoms with Crippen molar-refractivity contribution in [2.75, 3.05) is 13.1 Å². The van der Waals surface area contributed by atoms with E-state index in [1.807, 2.05) is 13.0 Å². The minimum Gasteiger partial charge on any atom is -0.206 e. The van der Waals surface area contributed by atoms with Crippen molar-refractivity contribution in [2.24, 2.45) is 0 Å². The summed E-state index contributed by atoms with van der Waals surface area (Å²) in [7, 11) is -3.36. The van der Waals surface area contributed by atoms with E-state index >= 15 is 0 Å². The Bertz CT molecular complexity index is 663. The van der Waals surface area contributed by atoms with Gasteiger partial charge < -0.3 is 0 Å². The maximum Gasteiger partial charge on any atom is 0.252 e. The Morgan fingerprint density at radius 2 is 2.05 bits per heavy atom. The first kappa shape index (κ1) is 12.8. The van der Waals surface area contributed by atoms with E-state index < -0.39 is 10.0 Å². The predicted octanol–water partition coefficient (Wildman–Crippen LogP) is 1.28. The van der Waals surface area contributed by atoms with Crippen LogP contribution in [0.1, 0.15) is 17.3 Å². The fourth-order valence-electron chi connectivity index (χ4n) is 2.21. The van der Waals surface area contributed by atoms with Gasteiger partial charge in [0.05, 0.1) is 18.4 Å². The van der Waals surface area contributed by atoms with Gasteiger partial charge in [0.25, 0.3) is 10.0 Å². The van der Waals surface area contributed by atoms with E-state index in [4.69, 9.17) is 0 Å². The largest absolute Gasteiger partial charge is 0.252 e. The Kier molecular flexibility index (Phi) is 3.15. The van der Waals surface area contributed by atoms with E-state index in [2.05, 4.69) is 10.2 Å². The first-order chi connectivity index (χ1) is 9.07. The second-order valence-electron chi connectivity index (χ2n) is 4.52. The van der Waals surface area contributed by atoms with Crippen LogP contribution in [-0.2, 0) is 10.0 Å². The number of hydrogen-bond acceptors (Lipinski definition) is 5. The van der Waals surface area contributed by atoms with E-state index in [-0.39, 0.29) is 6.04 Å². The number of nitrogens with zero attached hydrogens (tertiary/aromatic N) is 4. The molecule has 8 heteroatoms. The zero-order chi connectivity index (χ0) is 13.5. The molecule has 1 atom stereocenters. The second-order valence-corrected chi connectivity index (χ2v) is 7.97. The van der Waals surface area contributed by atoms with Crippen LogP contribution < -0.4 is 0 Å². The molecule has 0 spiro atoms. The Labute approximate surface area is 115 Å². The second kappa shape index (κ2) is 4.69. The average Bonchev–Trinajstić information content (AvgIpc) is 3.10. The molecular weight excluding hydrogens is 284 g/mol. The summed E-state index contributed by atoms with van der Waals surface area (Å²) in [5, 5.41) is 8.16. The lowest BCUT2D eigenvalue weighted by Crippen LogP contribution is -2.29. The minimum atomic E-state index is -3.36. The topological polar surface area (TPSA) is 68.1 Å². The zero-order valence-electron chi connectivity index (χ0n) is 10.4. The van der Waals surface area contributed by atoms with Crippen LogP contribution in [0.3, 0.4) is 0 Å². The molecule has 2 aromatic rings. The summed E-state index contributed by atoms with van der Waals surface area (Å²) in [6, 6.07) is 3.54. The first-order valence-electron chi connectivity index (χ1n) is 6.00. The van der Waals surface area contributed by atoms with Gasteiger partial charge >= 0.3 is 0 Å². The van der Waals surface area contributed by atoms with Gasteiger partial charge in [-0.3, -0.25) is 0 Å². The lowest BCUT2D eigenvalue weighted by atomic mass is 10.3. The summed E-state index contributed by atoms with van der Waals surface area (Å²) in [5.74, 6) is 0. The lowest BCUT2D eigenvalue weighted by Gasteiger charge is -2.14. The molecule has 3 rings (SSSR count). The van der Waals surface area contributed by atoms with Crippen LogP contribution in [0.15, 0.2) is 28.7 Å². The number of rotatable bonds is 3. The van der Waals surface area contributed by atoms with Crippen LogP contribution in [0.4, 0.5) is 0 Å². The third-order valence-electron chi connectivity index (χ3n) is 3.20. The molecule has 0 saturated carbocycles. The lowest BCUT2D eigenvalue weighted by molar-refractivity contribution is 0.403. The van der Waals surface area contributed by atoms with Crippen LogP contribution in [0.25, 0.3) is 0 Å². The molecule has 19 heavy (non-hydrogen) atoms. The molecule has 0 bridgehead atoms. The summed E-state index contributed by atoms with van der Waals surface area (Å²) in [5.41, 5.74) is 0. The third kappa shape index (κ3) is 2.31. The smallest absolute Gasteiger partial charge is 0.206 e. The summed E-state index contributed by atoms with van der Waals surface area (Å²) in [6.07, 6.45) is 3.97. The molecule has 0 aromatic carbocycles. The van der Waals surface area contributed by atoms with Gasteiger partial charge in [0, 0.05) is 18.0 Å². The van der Waals surface area contributed by atoms with Gasteiger partial charge in [-0.05, 0) is 25.5 Å². The molecule has 0 radical (unpaired) electrons. The molecule has 3 heterocycles. The van der Waals surface area contributed by atoms with Gasteiger partial charge in [-0.2, -0.15) is 19.3 Å². The van der Waals surface area contributed by atoms with E-state index in [0.29, 0.717) is 17.3 Å². The highest BCUT2D eigenvalue weighted by Gasteiger charge is 2.34. The van der Waals surface area contributed by atoms with E-state index in [9.17, 15) is 8.42 Å². The van der Waals surface area contributed by atoms with Gasteiger partial charge in [0.2, 0.25) is 0 Å². The van der Waals surface area contributed by atoms with Crippen molar-refractivity contribution in [1.82, 2.24) is 19.3 Å². The molecule has 0 N–H and O–H groups in total. The normalized spacial score (nSPS) is 21.0. The molecule has 1 aliphatic heterocycles. The van der Waals surface area contributed by atoms with E-state index in [1.165, 1.54) is 15.6 Å².